The van der Waals surface area contributed by atoms with E-state index in [2.05, 4.69) is 24.1 Å². The van der Waals surface area contributed by atoms with E-state index in [4.69, 9.17) is 5.26 Å². The summed E-state index contributed by atoms with van der Waals surface area (Å²) >= 11 is 0. The lowest BCUT2D eigenvalue weighted by Gasteiger charge is -2.07. The molecule has 1 rings (SSSR count). The number of aromatic nitrogens is 1. The topological polar surface area (TPSA) is 91.8 Å². The number of nitro groups is 1. The lowest BCUT2D eigenvalue weighted by atomic mass is 10.1. The van der Waals surface area contributed by atoms with Crippen LogP contribution in [0.4, 0.5) is 11.5 Å². The van der Waals surface area contributed by atoms with Gasteiger partial charge in [0.25, 0.3) is 0 Å². The average molecular weight is 248 g/mol. The van der Waals surface area contributed by atoms with Crippen molar-refractivity contribution in [3.05, 3.63) is 27.9 Å². The first-order valence-corrected chi connectivity index (χ1v) is 5.83. The van der Waals surface area contributed by atoms with Gasteiger partial charge in [0.15, 0.2) is 0 Å². The number of nitrogens with one attached hydrogen (secondary N) is 1. The molecule has 0 atom stereocenters. The van der Waals surface area contributed by atoms with Crippen molar-refractivity contribution < 1.29 is 4.92 Å². The minimum atomic E-state index is -0.573. The number of nitriles is 1. The van der Waals surface area contributed by atoms with Crippen LogP contribution in [0.15, 0.2) is 12.3 Å². The van der Waals surface area contributed by atoms with Gasteiger partial charge in [-0.2, -0.15) is 5.26 Å². The van der Waals surface area contributed by atoms with E-state index in [1.165, 1.54) is 12.3 Å². The fourth-order valence-electron chi connectivity index (χ4n) is 1.58. The van der Waals surface area contributed by atoms with Gasteiger partial charge in [0, 0.05) is 12.7 Å². The smallest absolute Gasteiger partial charge is 0.328 e. The van der Waals surface area contributed by atoms with Crippen LogP contribution < -0.4 is 5.32 Å². The van der Waals surface area contributed by atoms with Crippen LogP contribution in [0.2, 0.25) is 0 Å². The van der Waals surface area contributed by atoms with Crippen molar-refractivity contribution >= 4 is 11.5 Å². The molecule has 0 aromatic carbocycles. The Hall–Kier alpha value is -2.16. The molecule has 1 aromatic heterocycles. The number of hydrogen-bond donors (Lipinski definition) is 1. The predicted molar refractivity (Wildman–Crippen MR) is 68.2 cm³/mol. The minimum absolute atomic E-state index is 0.0290. The quantitative estimate of drug-likeness (QED) is 0.474. The van der Waals surface area contributed by atoms with Crippen LogP contribution >= 0.6 is 0 Å². The lowest BCUT2D eigenvalue weighted by molar-refractivity contribution is -0.384. The van der Waals surface area contributed by atoms with Crippen molar-refractivity contribution in [2.24, 2.45) is 5.92 Å². The largest absolute Gasteiger partial charge is 0.364 e. The van der Waals surface area contributed by atoms with Gasteiger partial charge in [0.1, 0.15) is 11.6 Å². The third-order valence-electron chi connectivity index (χ3n) is 2.48. The van der Waals surface area contributed by atoms with Crippen molar-refractivity contribution in [2.45, 2.75) is 26.7 Å². The van der Waals surface area contributed by atoms with Gasteiger partial charge in [-0.1, -0.05) is 13.8 Å². The Labute approximate surface area is 106 Å². The highest BCUT2D eigenvalue weighted by Crippen LogP contribution is 2.25. The standard InChI is InChI=1S/C12H16N4O2/c1-9(2)4-3-6-14-12-11(16(17)18)10(8-13)5-7-15-12/h5,7,9H,3-4,6H2,1-2H3,(H,14,15). The molecule has 0 unspecified atom stereocenters. The zero-order chi connectivity index (χ0) is 13.5. The molecule has 0 saturated heterocycles. The van der Waals surface area contributed by atoms with E-state index in [0.717, 1.165) is 12.8 Å². The van der Waals surface area contributed by atoms with Gasteiger partial charge in [-0.3, -0.25) is 10.1 Å². The highest BCUT2D eigenvalue weighted by atomic mass is 16.6. The summed E-state index contributed by atoms with van der Waals surface area (Å²) in [5, 5.41) is 22.7. The third-order valence-corrected chi connectivity index (χ3v) is 2.48. The molecule has 1 N–H and O–H groups in total. The Kier molecular flexibility index (Phi) is 5.06. The summed E-state index contributed by atoms with van der Waals surface area (Å²) in [5.41, 5.74) is -0.217. The highest BCUT2D eigenvalue weighted by molar-refractivity contribution is 5.63. The Morgan fingerprint density at radius 1 is 1.61 bits per heavy atom. The SMILES string of the molecule is CC(C)CCCNc1nccc(C#N)c1[N+](=O)[O-]. The Morgan fingerprint density at radius 2 is 2.33 bits per heavy atom. The zero-order valence-corrected chi connectivity index (χ0v) is 10.5. The fraction of sp³-hybridized carbons (Fsp3) is 0.500. The number of nitrogens with zero attached hydrogens (tertiary/aromatic N) is 3. The molecule has 1 heterocycles. The van der Waals surface area contributed by atoms with E-state index < -0.39 is 4.92 Å². The maximum absolute atomic E-state index is 10.9. The van der Waals surface area contributed by atoms with Crippen molar-refractivity contribution in [1.29, 1.82) is 5.26 Å². The first kappa shape index (κ1) is 13.9. The molecule has 18 heavy (non-hydrogen) atoms. The molecular weight excluding hydrogens is 232 g/mol. The fourth-order valence-corrected chi connectivity index (χ4v) is 1.58. The molecule has 0 amide bonds. The number of pyridine rings is 1. The second kappa shape index (κ2) is 6.55. The summed E-state index contributed by atoms with van der Waals surface area (Å²) in [6, 6.07) is 3.15. The normalized spacial score (nSPS) is 10.1. The second-order valence-electron chi connectivity index (χ2n) is 4.39. The van der Waals surface area contributed by atoms with E-state index >= 15 is 0 Å². The van der Waals surface area contributed by atoms with Crippen molar-refractivity contribution in [1.82, 2.24) is 4.98 Å². The molecule has 0 aliphatic carbocycles. The Bertz CT molecular complexity index is 466. The third kappa shape index (κ3) is 3.70. The molecule has 6 nitrogen and oxygen atoms in total. The van der Waals surface area contributed by atoms with Crippen molar-refractivity contribution in [3.8, 4) is 6.07 Å². The highest BCUT2D eigenvalue weighted by Gasteiger charge is 2.20. The van der Waals surface area contributed by atoms with E-state index in [-0.39, 0.29) is 17.1 Å². The van der Waals surface area contributed by atoms with Crippen LogP contribution in [-0.2, 0) is 0 Å². The maximum atomic E-state index is 10.9. The van der Waals surface area contributed by atoms with Gasteiger partial charge in [0.2, 0.25) is 5.82 Å². The molecule has 0 radical (unpaired) electrons. The first-order chi connectivity index (χ1) is 8.56. The predicted octanol–water partition coefficient (Wildman–Crippen LogP) is 2.71. The molecule has 0 saturated carbocycles. The van der Waals surface area contributed by atoms with Crippen LogP contribution in [0, 0.1) is 27.4 Å². The van der Waals surface area contributed by atoms with Crippen LogP contribution in [0.1, 0.15) is 32.3 Å². The Morgan fingerprint density at radius 3 is 2.89 bits per heavy atom. The summed E-state index contributed by atoms with van der Waals surface area (Å²) in [6.07, 6.45) is 3.35. The molecule has 0 aliphatic heterocycles. The maximum Gasteiger partial charge on any atom is 0.328 e. The van der Waals surface area contributed by atoms with E-state index in [1.54, 1.807) is 6.07 Å². The molecule has 0 spiro atoms. The Balaban J connectivity index is 2.77. The molecule has 0 aliphatic rings. The lowest BCUT2D eigenvalue weighted by Crippen LogP contribution is -2.08. The molecular formula is C12H16N4O2. The summed E-state index contributed by atoms with van der Waals surface area (Å²) in [7, 11) is 0. The number of anilines is 1. The number of rotatable bonds is 6. The molecule has 1 aromatic rings. The van der Waals surface area contributed by atoms with Crippen LogP contribution in [-0.4, -0.2) is 16.5 Å². The van der Waals surface area contributed by atoms with Crippen molar-refractivity contribution in [3.63, 3.8) is 0 Å². The summed E-state index contributed by atoms with van der Waals surface area (Å²) in [5.74, 6) is 0.767. The van der Waals surface area contributed by atoms with Crippen molar-refractivity contribution in [2.75, 3.05) is 11.9 Å². The van der Waals surface area contributed by atoms with Gasteiger partial charge in [0.05, 0.1) is 4.92 Å². The monoisotopic (exact) mass is 248 g/mol. The van der Waals surface area contributed by atoms with Gasteiger partial charge in [-0.15, -0.1) is 0 Å². The molecule has 0 fully saturated rings. The van der Waals surface area contributed by atoms with Crippen LogP contribution in [0.3, 0.4) is 0 Å². The summed E-state index contributed by atoms with van der Waals surface area (Å²) < 4.78 is 0. The minimum Gasteiger partial charge on any atom is -0.364 e. The second-order valence-corrected chi connectivity index (χ2v) is 4.39. The van der Waals surface area contributed by atoms with E-state index in [0.29, 0.717) is 12.5 Å². The molecule has 96 valence electrons. The zero-order valence-electron chi connectivity index (χ0n) is 10.5. The van der Waals surface area contributed by atoms with E-state index in [9.17, 15) is 10.1 Å². The molecule has 6 heteroatoms. The summed E-state index contributed by atoms with van der Waals surface area (Å²) in [4.78, 5) is 14.3. The van der Waals surface area contributed by atoms with E-state index in [1.807, 2.05) is 0 Å². The van der Waals surface area contributed by atoms with Gasteiger partial charge >= 0.3 is 5.69 Å². The van der Waals surface area contributed by atoms with Gasteiger partial charge in [-0.25, -0.2) is 4.98 Å². The van der Waals surface area contributed by atoms with Crippen LogP contribution in [0.25, 0.3) is 0 Å². The van der Waals surface area contributed by atoms with Gasteiger partial charge < -0.3 is 5.32 Å². The summed E-state index contributed by atoms with van der Waals surface area (Å²) in [6.45, 7) is 4.86. The first-order valence-electron chi connectivity index (χ1n) is 5.83. The number of hydrogen-bond acceptors (Lipinski definition) is 5. The average Bonchev–Trinajstić information content (AvgIpc) is 2.33. The van der Waals surface area contributed by atoms with Gasteiger partial charge in [-0.05, 0) is 24.8 Å². The van der Waals surface area contributed by atoms with Crippen LogP contribution in [0.5, 0.6) is 0 Å². The molecule has 0 bridgehead atoms.